The smallest absolute Gasteiger partial charge is 0.476 e. The first kappa shape index (κ1) is 20.4. The Morgan fingerprint density at radius 2 is 1.00 bits per heavy atom. The molecular formula is C16H14N4NaO4+. The molecule has 2 rings (SSSR count). The first-order chi connectivity index (χ1) is 11.6. The fourth-order valence-corrected chi connectivity index (χ4v) is 1.67. The van der Waals surface area contributed by atoms with Crippen LogP contribution in [0.1, 0.15) is 0 Å². The third-order valence-corrected chi connectivity index (χ3v) is 2.77. The minimum atomic E-state index is -1.52. The number of nitrogens with zero attached hydrogens (tertiary/aromatic N) is 2. The number of para-hydroxylation sites is 2. The van der Waals surface area contributed by atoms with Crippen molar-refractivity contribution >= 4 is 34.7 Å². The summed E-state index contributed by atoms with van der Waals surface area (Å²) in [5.41, 5.74) is 4.56. The molecule has 0 saturated carbocycles. The second kappa shape index (κ2) is 10.2. The van der Waals surface area contributed by atoms with Gasteiger partial charge in [0.2, 0.25) is 11.4 Å². The zero-order valence-corrected chi connectivity index (χ0v) is 15.4. The summed E-state index contributed by atoms with van der Waals surface area (Å²) in [4.78, 5) is 22.7. The van der Waals surface area contributed by atoms with Gasteiger partial charge in [0.15, 0.2) is 0 Å². The van der Waals surface area contributed by atoms with Crippen LogP contribution < -0.4 is 40.4 Å². The van der Waals surface area contributed by atoms with Gasteiger partial charge in [-0.2, -0.15) is 10.2 Å². The van der Waals surface area contributed by atoms with Crippen LogP contribution in [0, 0.1) is 0 Å². The number of benzene rings is 2. The molecule has 2 aromatic carbocycles. The molecule has 0 atom stereocenters. The van der Waals surface area contributed by atoms with Gasteiger partial charge < -0.3 is 10.2 Å². The number of anilines is 2. The zero-order valence-electron chi connectivity index (χ0n) is 13.4. The van der Waals surface area contributed by atoms with Gasteiger partial charge in [0.25, 0.3) is 0 Å². The van der Waals surface area contributed by atoms with Crippen molar-refractivity contribution in [2.75, 3.05) is 10.9 Å². The summed E-state index contributed by atoms with van der Waals surface area (Å²) in [5.74, 6) is -3.04. The first-order valence-corrected chi connectivity index (χ1v) is 6.82. The van der Waals surface area contributed by atoms with Crippen LogP contribution in [0.2, 0.25) is 0 Å². The van der Waals surface area contributed by atoms with E-state index in [-0.39, 0.29) is 29.6 Å². The third kappa shape index (κ3) is 6.38. The van der Waals surface area contributed by atoms with Crippen LogP contribution in [0.4, 0.5) is 11.4 Å². The number of nitrogens with one attached hydrogen (secondary N) is 2. The molecule has 0 fully saturated rings. The SMILES string of the molecule is O=C(O)C(=N\Nc1ccccc1)/C(=N/Nc1ccccc1)C(=O)O.[Na+]. The van der Waals surface area contributed by atoms with E-state index in [1.54, 1.807) is 60.7 Å². The van der Waals surface area contributed by atoms with Crippen molar-refractivity contribution in [1.29, 1.82) is 0 Å². The molecule has 4 N–H and O–H groups in total. The molecule has 0 heterocycles. The molecule has 0 amide bonds. The van der Waals surface area contributed by atoms with Crippen LogP contribution in [0.15, 0.2) is 70.9 Å². The number of hydrogen-bond donors (Lipinski definition) is 4. The van der Waals surface area contributed by atoms with E-state index in [0.29, 0.717) is 11.4 Å². The van der Waals surface area contributed by atoms with E-state index in [1.165, 1.54) is 0 Å². The van der Waals surface area contributed by atoms with Crippen molar-refractivity contribution < 1.29 is 49.4 Å². The molecule has 0 bridgehead atoms. The molecule has 0 radical (unpaired) electrons. The topological polar surface area (TPSA) is 123 Å². The van der Waals surface area contributed by atoms with Crippen molar-refractivity contribution in [2.24, 2.45) is 10.2 Å². The Balaban J connectivity index is 0.00000312. The molecule has 8 nitrogen and oxygen atoms in total. The van der Waals surface area contributed by atoms with Gasteiger partial charge in [-0.05, 0) is 24.3 Å². The number of hydrogen-bond acceptors (Lipinski definition) is 6. The molecule has 0 aromatic heterocycles. The van der Waals surface area contributed by atoms with E-state index < -0.39 is 23.4 Å². The molecule has 9 heteroatoms. The number of hydrazone groups is 2. The molecule has 0 aliphatic carbocycles. The molecule has 0 saturated heterocycles. The Kier molecular flexibility index (Phi) is 8.34. The molecule has 122 valence electrons. The van der Waals surface area contributed by atoms with Crippen LogP contribution in [-0.4, -0.2) is 33.6 Å². The third-order valence-electron chi connectivity index (χ3n) is 2.77. The van der Waals surface area contributed by atoms with Gasteiger partial charge in [-0.3, -0.25) is 10.9 Å². The van der Waals surface area contributed by atoms with Gasteiger partial charge in [0, 0.05) is 0 Å². The number of carboxylic acids is 2. The van der Waals surface area contributed by atoms with E-state index in [1.807, 2.05) is 0 Å². The van der Waals surface area contributed by atoms with Crippen LogP contribution in [0.25, 0.3) is 0 Å². The maximum Gasteiger partial charge on any atom is 1.00 e. The van der Waals surface area contributed by atoms with E-state index in [4.69, 9.17) is 0 Å². The van der Waals surface area contributed by atoms with Crippen molar-refractivity contribution in [3.05, 3.63) is 60.7 Å². The van der Waals surface area contributed by atoms with Gasteiger partial charge in [0.05, 0.1) is 11.4 Å². The Morgan fingerprint density at radius 1 is 0.680 bits per heavy atom. The molecule has 0 aliphatic heterocycles. The Morgan fingerprint density at radius 3 is 1.28 bits per heavy atom. The predicted molar refractivity (Wildman–Crippen MR) is 90.3 cm³/mol. The summed E-state index contributed by atoms with van der Waals surface area (Å²) in [6.45, 7) is 0. The molecular weight excluding hydrogens is 335 g/mol. The first-order valence-electron chi connectivity index (χ1n) is 6.82. The average molecular weight is 349 g/mol. The summed E-state index contributed by atoms with van der Waals surface area (Å²) >= 11 is 0. The number of carbonyl (C=O) groups is 2. The van der Waals surface area contributed by atoms with Crippen molar-refractivity contribution in [1.82, 2.24) is 0 Å². The average Bonchev–Trinajstić information content (AvgIpc) is 2.59. The molecule has 0 unspecified atom stereocenters. The normalized spacial score (nSPS) is 11.2. The minimum Gasteiger partial charge on any atom is -0.476 e. The van der Waals surface area contributed by atoms with Crippen molar-refractivity contribution in [3.63, 3.8) is 0 Å². The fourth-order valence-electron chi connectivity index (χ4n) is 1.67. The standard InChI is InChI=1S/C16H14N4O4.Na/c21-15(22)13(19-17-11-7-3-1-4-8-11)14(16(23)24)20-18-12-9-5-2-6-10-12;/h1-10,17-18H,(H,21,22)(H,23,24);/q;+1/b19-13-,20-14-;. The second-order valence-electron chi connectivity index (χ2n) is 4.49. The Bertz CT molecular complexity index is 712. The maximum absolute atomic E-state index is 11.3. The second-order valence-corrected chi connectivity index (χ2v) is 4.49. The summed E-state index contributed by atoms with van der Waals surface area (Å²) < 4.78 is 0. The molecule has 0 aliphatic rings. The van der Waals surface area contributed by atoms with Gasteiger partial charge in [-0.25, -0.2) is 9.59 Å². The summed E-state index contributed by atoms with van der Waals surface area (Å²) in [5, 5.41) is 25.7. The molecule has 2 aromatic rings. The zero-order chi connectivity index (χ0) is 17.4. The molecule has 25 heavy (non-hydrogen) atoms. The quantitative estimate of drug-likeness (QED) is 0.292. The van der Waals surface area contributed by atoms with E-state index in [9.17, 15) is 19.8 Å². The van der Waals surface area contributed by atoms with E-state index >= 15 is 0 Å². The van der Waals surface area contributed by atoms with Crippen LogP contribution in [0.3, 0.4) is 0 Å². The van der Waals surface area contributed by atoms with Crippen molar-refractivity contribution in [2.45, 2.75) is 0 Å². The predicted octanol–water partition coefficient (Wildman–Crippen LogP) is -0.904. The van der Waals surface area contributed by atoms with E-state index in [2.05, 4.69) is 21.1 Å². The molecule has 0 spiro atoms. The van der Waals surface area contributed by atoms with Gasteiger partial charge in [0.1, 0.15) is 0 Å². The van der Waals surface area contributed by atoms with Gasteiger partial charge >= 0.3 is 41.5 Å². The number of rotatable bonds is 7. The summed E-state index contributed by atoms with van der Waals surface area (Å²) in [6.07, 6.45) is 0. The monoisotopic (exact) mass is 349 g/mol. The largest absolute Gasteiger partial charge is 1.00 e. The maximum atomic E-state index is 11.3. The van der Waals surface area contributed by atoms with Crippen LogP contribution in [0.5, 0.6) is 0 Å². The number of aliphatic carboxylic acids is 2. The summed E-state index contributed by atoms with van der Waals surface area (Å²) in [6, 6.07) is 17.1. The van der Waals surface area contributed by atoms with Crippen LogP contribution in [-0.2, 0) is 9.59 Å². The van der Waals surface area contributed by atoms with Gasteiger partial charge in [-0.15, -0.1) is 0 Å². The minimum absolute atomic E-state index is 0. The summed E-state index contributed by atoms with van der Waals surface area (Å²) in [7, 11) is 0. The Hall–Kier alpha value is -2.68. The Labute approximate surface area is 165 Å². The fraction of sp³-hybridized carbons (Fsp3) is 0. The van der Waals surface area contributed by atoms with Crippen molar-refractivity contribution in [3.8, 4) is 0 Å². The van der Waals surface area contributed by atoms with Gasteiger partial charge in [-0.1, -0.05) is 36.4 Å². The number of carboxylic acid groups (broad SMARTS) is 2. The van der Waals surface area contributed by atoms with Crippen LogP contribution >= 0.6 is 0 Å². The van der Waals surface area contributed by atoms with E-state index in [0.717, 1.165) is 0 Å².